The van der Waals surface area contributed by atoms with Crippen molar-refractivity contribution >= 4 is 11.7 Å². The van der Waals surface area contributed by atoms with E-state index in [-0.39, 0.29) is 5.91 Å². The predicted octanol–water partition coefficient (Wildman–Crippen LogP) is 4.45. The average Bonchev–Trinajstić information content (AvgIpc) is 3.05. The molecule has 128 valence electrons. The number of rotatable bonds is 6. The summed E-state index contributed by atoms with van der Waals surface area (Å²) in [6, 6.07) is 19.5. The fourth-order valence-electron chi connectivity index (χ4n) is 2.48. The molecule has 0 bridgehead atoms. The van der Waals surface area contributed by atoms with E-state index >= 15 is 0 Å². The van der Waals surface area contributed by atoms with Gasteiger partial charge in [-0.3, -0.25) is 4.79 Å². The van der Waals surface area contributed by atoms with Crippen LogP contribution in [0.4, 0.5) is 5.82 Å². The Morgan fingerprint density at radius 3 is 2.40 bits per heavy atom. The van der Waals surface area contributed by atoms with Crippen LogP contribution in [-0.4, -0.2) is 17.2 Å². The minimum atomic E-state index is -0.598. The molecule has 3 aromatic rings. The van der Waals surface area contributed by atoms with E-state index in [1.807, 2.05) is 49.4 Å². The maximum absolute atomic E-state index is 12.3. The zero-order valence-corrected chi connectivity index (χ0v) is 14.2. The monoisotopic (exact) mass is 336 g/mol. The van der Waals surface area contributed by atoms with Crippen molar-refractivity contribution in [2.75, 3.05) is 5.32 Å². The molecule has 1 amide bonds. The number of carbonyl (C=O) groups excluding carboxylic acids is 1. The van der Waals surface area contributed by atoms with E-state index in [9.17, 15) is 4.79 Å². The summed E-state index contributed by atoms with van der Waals surface area (Å²) < 4.78 is 10.8. The minimum Gasteiger partial charge on any atom is -0.481 e. The Labute approximate surface area is 146 Å². The number of aryl methyl sites for hydroxylation is 1. The van der Waals surface area contributed by atoms with Gasteiger partial charge in [-0.2, -0.15) is 0 Å². The van der Waals surface area contributed by atoms with Crippen molar-refractivity contribution in [2.45, 2.75) is 26.4 Å². The number of hydrogen-bond acceptors (Lipinski definition) is 4. The molecule has 0 aliphatic heterocycles. The normalized spacial score (nSPS) is 11.8. The second kappa shape index (κ2) is 7.66. The third-order valence-electron chi connectivity index (χ3n) is 3.78. The lowest BCUT2D eigenvalue weighted by atomic mass is 10.1. The fourth-order valence-corrected chi connectivity index (χ4v) is 2.48. The van der Waals surface area contributed by atoms with E-state index in [2.05, 4.69) is 22.6 Å². The summed E-state index contributed by atoms with van der Waals surface area (Å²) in [4.78, 5) is 12.3. The summed E-state index contributed by atoms with van der Waals surface area (Å²) in [7, 11) is 0. The molecule has 1 unspecified atom stereocenters. The lowest BCUT2D eigenvalue weighted by Gasteiger charge is -2.16. The summed E-state index contributed by atoms with van der Waals surface area (Å²) in [6.45, 7) is 3.67. The van der Waals surface area contributed by atoms with Gasteiger partial charge in [0, 0.05) is 6.07 Å². The largest absolute Gasteiger partial charge is 0.481 e. The number of hydrogen-bond donors (Lipinski definition) is 1. The molecule has 1 heterocycles. The molecule has 0 saturated heterocycles. The predicted molar refractivity (Wildman–Crippen MR) is 96.5 cm³/mol. The highest BCUT2D eigenvalue weighted by Crippen LogP contribution is 2.23. The standard InChI is InChI=1S/C20H20N2O3/c1-3-18(20(23)21-19-13-14(2)25-22-19)24-17-11-9-16(10-12-17)15-7-5-4-6-8-15/h4-13,18H,3H2,1-2H3,(H,21,22,23). The van der Waals surface area contributed by atoms with Gasteiger partial charge < -0.3 is 14.6 Å². The Balaban J connectivity index is 1.66. The third-order valence-corrected chi connectivity index (χ3v) is 3.78. The number of anilines is 1. The van der Waals surface area contributed by atoms with Crippen LogP contribution in [-0.2, 0) is 4.79 Å². The van der Waals surface area contributed by atoms with Gasteiger partial charge in [-0.1, -0.05) is 54.5 Å². The lowest BCUT2D eigenvalue weighted by molar-refractivity contribution is -0.122. The molecule has 0 aliphatic rings. The molecular weight excluding hydrogens is 316 g/mol. The number of carbonyl (C=O) groups is 1. The van der Waals surface area contributed by atoms with E-state index in [4.69, 9.17) is 9.26 Å². The van der Waals surface area contributed by atoms with Gasteiger partial charge in [-0.05, 0) is 36.6 Å². The summed E-state index contributed by atoms with van der Waals surface area (Å²) in [5.41, 5.74) is 2.24. The first-order chi connectivity index (χ1) is 12.2. The first-order valence-electron chi connectivity index (χ1n) is 8.22. The Bertz CT molecular complexity index is 826. The van der Waals surface area contributed by atoms with E-state index in [1.54, 1.807) is 13.0 Å². The Hall–Kier alpha value is -3.08. The molecule has 5 heteroatoms. The van der Waals surface area contributed by atoms with Gasteiger partial charge in [-0.15, -0.1) is 0 Å². The van der Waals surface area contributed by atoms with Crippen LogP contribution in [0.3, 0.4) is 0 Å². The van der Waals surface area contributed by atoms with Crippen LogP contribution in [0.2, 0.25) is 0 Å². The second-order valence-electron chi connectivity index (χ2n) is 5.72. The van der Waals surface area contributed by atoms with Crippen molar-refractivity contribution in [1.29, 1.82) is 0 Å². The molecule has 0 saturated carbocycles. The van der Waals surface area contributed by atoms with E-state index in [0.717, 1.165) is 11.1 Å². The highest BCUT2D eigenvalue weighted by atomic mass is 16.5. The number of aromatic nitrogens is 1. The van der Waals surface area contributed by atoms with Gasteiger partial charge in [0.15, 0.2) is 11.9 Å². The van der Waals surface area contributed by atoms with Gasteiger partial charge >= 0.3 is 0 Å². The van der Waals surface area contributed by atoms with Gasteiger partial charge in [0.05, 0.1) is 0 Å². The van der Waals surface area contributed by atoms with Crippen LogP contribution in [0.1, 0.15) is 19.1 Å². The summed E-state index contributed by atoms with van der Waals surface area (Å²) in [5.74, 6) is 1.44. The second-order valence-corrected chi connectivity index (χ2v) is 5.72. The van der Waals surface area contributed by atoms with Crippen molar-refractivity contribution in [3.8, 4) is 16.9 Å². The van der Waals surface area contributed by atoms with Gasteiger partial charge in [0.1, 0.15) is 11.5 Å². The number of nitrogens with one attached hydrogen (secondary N) is 1. The number of ether oxygens (including phenoxy) is 1. The SMILES string of the molecule is CCC(Oc1ccc(-c2ccccc2)cc1)C(=O)Nc1cc(C)on1. The van der Waals surface area contributed by atoms with Crippen LogP contribution in [0, 0.1) is 6.92 Å². The van der Waals surface area contributed by atoms with E-state index in [0.29, 0.717) is 23.7 Å². The Morgan fingerprint density at radius 2 is 1.80 bits per heavy atom. The molecule has 3 rings (SSSR count). The van der Waals surface area contributed by atoms with E-state index in [1.165, 1.54) is 0 Å². The molecule has 0 fully saturated rings. The van der Waals surface area contributed by atoms with Crippen molar-refractivity contribution in [1.82, 2.24) is 5.16 Å². The fraction of sp³-hybridized carbons (Fsp3) is 0.200. The van der Waals surface area contributed by atoms with Crippen molar-refractivity contribution in [2.24, 2.45) is 0 Å². The first-order valence-corrected chi connectivity index (χ1v) is 8.22. The topological polar surface area (TPSA) is 64.4 Å². The van der Waals surface area contributed by atoms with Crippen molar-refractivity contribution in [3.05, 3.63) is 66.4 Å². The molecule has 0 radical (unpaired) electrons. The first kappa shape index (κ1) is 16.8. The molecule has 25 heavy (non-hydrogen) atoms. The molecule has 5 nitrogen and oxygen atoms in total. The Morgan fingerprint density at radius 1 is 1.12 bits per heavy atom. The maximum Gasteiger partial charge on any atom is 0.266 e. The van der Waals surface area contributed by atoms with Crippen LogP contribution < -0.4 is 10.1 Å². The van der Waals surface area contributed by atoms with Gasteiger partial charge in [0.2, 0.25) is 0 Å². The number of amides is 1. The third kappa shape index (κ3) is 4.26. The van der Waals surface area contributed by atoms with Crippen LogP contribution >= 0.6 is 0 Å². The zero-order valence-electron chi connectivity index (χ0n) is 14.2. The van der Waals surface area contributed by atoms with E-state index < -0.39 is 6.10 Å². The molecule has 0 spiro atoms. The lowest BCUT2D eigenvalue weighted by Crippen LogP contribution is -2.32. The summed E-state index contributed by atoms with van der Waals surface area (Å²) in [6.07, 6.45) is -0.0529. The van der Waals surface area contributed by atoms with Crippen LogP contribution in [0.25, 0.3) is 11.1 Å². The highest BCUT2D eigenvalue weighted by molar-refractivity contribution is 5.93. The van der Waals surface area contributed by atoms with Crippen molar-refractivity contribution < 1.29 is 14.1 Å². The average molecular weight is 336 g/mol. The van der Waals surface area contributed by atoms with Gasteiger partial charge in [-0.25, -0.2) is 0 Å². The maximum atomic E-state index is 12.3. The minimum absolute atomic E-state index is 0.247. The van der Waals surface area contributed by atoms with Crippen LogP contribution in [0.5, 0.6) is 5.75 Å². The van der Waals surface area contributed by atoms with Gasteiger partial charge in [0.25, 0.3) is 5.91 Å². The molecule has 2 aromatic carbocycles. The summed E-state index contributed by atoms with van der Waals surface area (Å²) in [5, 5.41) is 6.46. The highest BCUT2D eigenvalue weighted by Gasteiger charge is 2.19. The smallest absolute Gasteiger partial charge is 0.266 e. The Kier molecular flexibility index (Phi) is 5.14. The molecular formula is C20H20N2O3. The molecule has 1 N–H and O–H groups in total. The number of nitrogens with zero attached hydrogens (tertiary/aromatic N) is 1. The summed E-state index contributed by atoms with van der Waals surface area (Å²) >= 11 is 0. The molecule has 1 aromatic heterocycles. The number of benzene rings is 2. The van der Waals surface area contributed by atoms with Crippen molar-refractivity contribution in [3.63, 3.8) is 0 Å². The van der Waals surface area contributed by atoms with Crippen LogP contribution in [0.15, 0.2) is 65.2 Å². The molecule has 0 aliphatic carbocycles. The molecule has 1 atom stereocenters. The zero-order chi connectivity index (χ0) is 17.6. The quantitative estimate of drug-likeness (QED) is 0.722.